The third kappa shape index (κ3) is 1.58. The molecule has 2 heterocycles. The van der Waals surface area contributed by atoms with E-state index >= 15 is 0 Å². The molecule has 7 heteroatoms. The van der Waals surface area contributed by atoms with Gasteiger partial charge in [-0.2, -0.15) is 0 Å². The lowest BCUT2D eigenvalue weighted by molar-refractivity contribution is -0.121. The number of thiazole rings is 1. The van der Waals surface area contributed by atoms with Crippen molar-refractivity contribution in [2.24, 2.45) is 0 Å². The zero-order valence-electron chi connectivity index (χ0n) is 8.39. The van der Waals surface area contributed by atoms with Gasteiger partial charge in [-0.05, 0) is 6.92 Å². The molecule has 0 spiro atoms. The summed E-state index contributed by atoms with van der Waals surface area (Å²) in [5.74, 6) is -1.74. The molecule has 0 saturated carbocycles. The number of imide groups is 1. The number of anilines is 1. The lowest BCUT2D eigenvalue weighted by Crippen LogP contribution is -2.28. The van der Waals surface area contributed by atoms with Gasteiger partial charge in [0.05, 0.1) is 5.69 Å². The number of hydrogen-bond acceptors (Lipinski definition) is 5. The standard InChI is InChI=1S/C9H8N2O4S/c1-4-7(8(14)15)16-9(10-4)11-5(12)2-3-6(11)13/h2-3H2,1H3,(H,14,15). The second-order valence-corrected chi connectivity index (χ2v) is 4.32. The lowest BCUT2D eigenvalue weighted by atomic mass is 10.4. The number of nitrogens with zero attached hydrogens (tertiary/aromatic N) is 2. The second kappa shape index (κ2) is 3.67. The molecule has 1 aliphatic heterocycles. The second-order valence-electron chi connectivity index (χ2n) is 3.34. The average molecular weight is 240 g/mol. The van der Waals surface area contributed by atoms with Crippen molar-refractivity contribution in [1.29, 1.82) is 0 Å². The highest BCUT2D eigenvalue weighted by Crippen LogP contribution is 2.29. The number of carboxylic acids is 1. The summed E-state index contributed by atoms with van der Waals surface area (Å²) in [4.78, 5) is 38.6. The Labute approximate surface area is 94.5 Å². The Morgan fingerprint density at radius 1 is 1.38 bits per heavy atom. The molecule has 0 radical (unpaired) electrons. The van der Waals surface area contributed by atoms with Gasteiger partial charge in [0.1, 0.15) is 4.88 Å². The van der Waals surface area contributed by atoms with Crippen LogP contribution in [0.25, 0.3) is 0 Å². The minimum absolute atomic E-state index is 0.0579. The molecular weight excluding hydrogens is 232 g/mol. The normalized spacial score (nSPS) is 15.9. The van der Waals surface area contributed by atoms with Crippen LogP contribution >= 0.6 is 11.3 Å². The van der Waals surface area contributed by atoms with Crippen LogP contribution < -0.4 is 4.90 Å². The first-order valence-electron chi connectivity index (χ1n) is 4.57. The lowest BCUT2D eigenvalue weighted by Gasteiger charge is -2.07. The number of carbonyl (C=O) groups excluding carboxylic acids is 2. The molecule has 1 aromatic rings. The van der Waals surface area contributed by atoms with E-state index in [9.17, 15) is 14.4 Å². The fraction of sp³-hybridized carbons (Fsp3) is 0.333. The summed E-state index contributed by atoms with van der Waals surface area (Å²) in [5.41, 5.74) is 0.319. The number of hydrogen-bond donors (Lipinski definition) is 1. The van der Waals surface area contributed by atoms with E-state index in [1.54, 1.807) is 0 Å². The average Bonchev–Trinajstić information content (AvgIpc) is 2.70. The van der Waals surface area contributed by atoms with Crippen LogP contribution in [-0.2, 0) is 9.59 Å². The number of carbonyl (C=O) groups is 3. The Bertz CT molecular complexity index is 478. The molecule has 1 fully saturated rings. The fourth-order valence-electron chi connectivity index (χ4n) is 1.47. The molecule has 1 aromatic heterocycles. The summed E-state index contributed by atoms with van der Waals surface area (Å²) >= 11 is 0.846. The first kappa shape index (κ1) is 10.7. The highest BCUT2D eigenvalue weighted by Gasteiger charge is 2.33. The van der Waals surface area contributed by atoms with Gasteiger partial charge >= 0.3 is 5.97 Å². The maximum atomic E-state index is 11.4. The molecule has 2 rings (SSSR count). The van der Waals surface area contributed by atoms with Crippen molar-refractivity contribution in [3.63, 3.8) is 0 Å². The number of carboxylic acid groups (broad SMARTS) is 1. The van der Waals surface area contributed by atoms with Gasteiger partial charge in [-0.25, -0.2) is 14.7 Å². The van der Waals surface area contributed by atoms with Crippen LogP contribution in [0.1, 0.15) is 28.2 Å². The summed E-state index contributed by atoms with van der Waals surface area (Å²) < 4.78 is 0. The van der Waals surface area contributed by atoms with E-state index in [0.717, 1.165) is 16.2 Å². The van der Waals surface area contributed by atoms with E-state index in [4.69, 9.17) is 5.11 Å². The number of aromatic carboxylic acids is 1. The van der Waals surface area contributed by atoms with Gasteiger partial charge in [-0.1, -0.05) is 11.3 Å². The third-order valence-electron chi connectivity index (χ3n) is 2.22. The molecule has 1 aliphatic rings. The third-order valence-corrected chi connectivity index (χ3v) is 3.35. The van der Waals surface area contributed by atoms with Crippen LogP contribution in [0.2, 0.25) is 0 Å². The van der Waals surface area contributed by atoms with Crippen molar-refractivity contribution in [2.45, 2.75) is 19.8 Å². The van der Waals surface area contributed by atoms with E-state index in [1.165, 1.54) is 6.92 Å². The summed E-state index contributed by atoms with van der Waals surface area (Å²) in [5, 5.41) is 8.99. The molecule has 1 N–H and O–H groups in total. The molecular formula is C9H8N2O4S. The smallest absolute Gasteiger partial charge is 0.347 e. The van der Waals surface area contributed by atoms with Crippen LogP contribution in [0, 0.1) is 6.92 Å². The number of aromatic nitrogens is 1. The van der Waals surface area contributed by atoms with Crippen molar-refractivity contribution in [3.05, 3.63) is 10.6 Å². The van der Waals surface area contributed by atoms with E-state index in [-0.39, 0.29) is 34.7 Å². The summed E-state index contributed by atoms with van der Waals surface area (Å²) in [7, 11) is 0. The van der Waals surface area contributed by atoms with Gasteiger partial charge in [0.15, 0.2) is 5.13 Å². The van der Waals surface area contributed by atoms with E-state index < -0.39 is 5.97 Å². The van der Waals surface area contributed by atoms with Crippen LogP contribution in [0.3, 0.4) is 0 Å². The van der Waals surface area contributed by atoms with Crippen molar-refractivity contribution < 1.29 is 19.5 Å². The summed E-state index contributed by atoms with van der Waals surface area (Å²) in [6, 6.07) is 0. The fourth-order valence-corrected chi connectivity index (χ4v) is 2.41. The predicted molar refractivity (Wildman–Crippen MR) is 55.5 cm³/mol. The van der Waals surface area contributed by atoms with Crippen LogP contribution in [0.5, 0.6) is 0 Å². The molecule has 0 aromatic carbocycles. The summed E-state index contributed by atoms with van der Waals surface area (Å²) in [6.45, 7) is 1.54. The maximum Gasteiger partial charge on any atom is 0.347 e. The van der Waals surface area contributed by atoms with Gasteiger partial charge in [-0.15, -0.1) is 0 Å². The largest absolute Gasteiger partial charge is 0.477 e. The first-order chi connectivity index (χ1) is 7.50. The monoisotopic (exact) mass is 240 g/mol. The predicted octanol–water partition coefficient (Wildman–Crippen LogP) is 0.803. The number of aryl methyl sites for hydroxylation is 1. The van der Waals surface area contributed by atoms with Gasteiger partial charge in [0, 0.05) is 12.8 Å². The van der Waals surface area contributed by atoms with Crippen molar-refractivity contribution >= 4 is 34.3 Å². The molecule has 0 aliphatic carbocycles. The number of rotatable bonds is 2. The van der Waals surface area contributed by atoms with E-state index in [2.05, 4.69) is 4.98 Å². The minimum atomic E-state index is -1.10. The molecule has 0 bridgehead atoms. The Morgan fingerprint density at radius 3 is 2.38 bits per heavy atom. The Balaban J connectivity index is 2.41. The van der Waals surface area contributed by atoms with E-state index in [1.807, 2.05) is 0 Å². The van der Waals surface area contributed by atoms with Crippen molar-refractivity contribution in [1.82, 2.24) is 4.98 Å². The van der Waals surface area contributed by atoms with Crippen molar-refractivity contribution in [3.8, 4) is 0 Å². The minimum Gasteiger partial charge on any atom is -0.477 e. The first-order valence-corrected chi connectivity index (χ1v) is 5.39. The maximum absolute atomic E-state index is 11.4. The Morgan fingerprint density at radius 2 is 1.94 bits per heavy atom. The zero-order chi connectivity index (χ0) is 11.9. The van der Waals surface area contributed by atoms with Crippen LogP contribution in [0.4, 0.5) is 5.13 Å². The van der Waals surface area contributed by atoms with Gasteiger partial charge in [0.2, 0.25) is 11.8 Å². The topological polar surface area (TPSA) is 87.6 Å². The molecule has 0 unspecified atom stereocenters. The highest BCUT2D eigenvalue weighted by molar-refractivity contribution is 7.18. The molecule has 84 valence electrons. The van der Waals surface area contributed by atoms with Crippen LogP contribution in [-0.4, -0.2) is 27.9 Å². The number of amides is 2. The summed E-state index contributed by atoms with van der Waals surface area (Å²) in [6.07, 6.45) is 0.333. The zero-order valence-corrected chi connectivity index (χ0v) is 9.21. The van der Waals surface area contributed by atoms with Crippen LogP contribution in [0.15, 0.2) is 0 Å². The quantitative estimate of drug-likeness (QED) is 0.772. The van der Waals surface area contributed by atoms with Gasteiger partial charge in [0.25, 0.3) is 0 Å². The van der Waals surface area contributed by atoms with Gasteiger partial charge < -0.3 is 5.11 Å². The Kier molecular flexibility index (Phi) is 2.47. The molecule has 1 saturated heterocycles. The van der Waals surface area contributed by atoms with E-state index in [0.29, 0.717) is 5.69 Å². The van der Waals surface area contributed by atoms with Crippen molar-refractivity contribution in [2.75, 3.05) is 4.90 Å². The molecule has 6 nitrogen and oxygen atoms in total. The van der Waals surface area contributed by atoms with Gasteiger partial charge in [-0.3, -0.25) is 9.59 Å². The Hall–Kier alpha value is -1.76. The molecule has 2 amide bonds. The SMILES string of the molecule is Cc1nc(N2C(=O)CCC2=O)sc1C(=O)O. The molecule has 16 heavy (non-hydrogen) atoms. The highest BCUT2D eigenvalue weighted by atomic mass is 32.1. The molecule has 0 atom stereocenters.